The quantitative estimate of drug-likeness (QED) is 0.821. The average Bonchev–Trinajstić information content (AvgIpc) is 2.39. The monoisotopic (exact) mass is 237 g/mol. The second-order valence-electron chi connectivity index (χ2n) is 4.36. The summed E-state index contributed by atoms with van der Waals surface area (Å²) in [5.41, 5.74) is 1.95. The van der Waals surface area contributed by atoms with Crippen LogP contribution in [0.2, 0.25) is 0 Å². The van der Waals surface area contributed by atoms with Crippen molar-refractivity contribution in [3.8, 4) is 0 Å². The normalized spacial score (nSPS) is 22.5. The first kappa shape index (κ1) is 12.4. The Kier molecular flexibility index (Phi) is 3.99. The van der Waals surface area contributed by atoms with Crippen LogP contribution < -0.4 is 4.90 Å². The first-order valence-electron chi connectivity index (χ1n) is 5.96. The fourth-order valence-electron chi connectivity index (χ4n) is 2.18. The topological polar surface area (TPSA) is 52.9 Å². The largest absolute Gasteiger partial charge is 0.394 e. The van der Waals surface area contributed by atoms with Gasteiger partial charge in [0.25, 0.3) is 0 Å². The third-order valence-corrected chi connectivity index (χ3v) is 3.07. The van der Waals surface area contributed by atoms with Crippen molar-refractivity contribution < 1.29 is 14.9 Å². The van der Waals surface area contributed by atoms with Gasteiger partial charge < -0.3 is 19.8 Å². The van der Waals surface area contributed by atoms with Gasteiger partial charge in [-0.25, -0.2) is 0 Å². The number of aliphatic hydroxyl groups is 2. The van der Waals surface area contributed by atoms with Crippen molar-refractivity contribution in [1.29, 1.82) is 0 Å². The van der Waals surface area contributed by atoms with Crippen LogP contribution in [0.4, 0.5) is 5.69 Å². The summed E-state index contributed by atoms with van der Waals surface area (Å²) in [4.78, 5) is 2.16. The Morgan fingerprint density at radius 1 is 1.47 bits per heavy atom. The van der Waals surface area contributed by atoms with Crippen LogP contribution >= 0.6 is 0 Å². The van der Waals surface area contributed by atoms with E-state index in [2.05, 4.69) is 4.90 Å². The lowest BCUT2D eigenvalue weighted by molar-refractivity contribution is 0.00343. The molecule has 1 aliphatic heterocycles. The summed E-state index contributed by atoms with van der Waals surface area (Å²) < 4.78 is 5.43. The van der Waals surface area contributed by atoms with E-state index in [0.717, 1.165) is 17.8 Å². The Morgan fingerprint density at radius 2 is 2.24 bits per heavy atom. The zero-order chi connectivity index (χ0) is 12.3. The molecule has 2 rings (SSSR count). The predicted molar refractivity (Wildman–Crippen MR) is 66.1 cm³/mol. The van der Waals surface area contributed by atoms with E-state index < -0.39 is 6.10 Å². The maximum atomic E-state index is 9.75. The number of para-hydroxylation sites is 1. The molecular formula is C13H19NO3. The van der Waals surface area contributed by atoms with E-state index in [1.165, 1.54) is 0 Å². The molecule has 1 fully saturated rings. The summed E-state index contributed by atoms with van der Waals surface area (Å²) in [6.07, 6.45) is -0.618. The number of ether oxygens (including phenoxy) is 1. The minimum absolute atomic E-state index is 0.0351. The van der Waals surface area contributed by atoms with Crippen LogP contribution in [0.1, 0.15) is 18.6 Å². The first-order chi connectivity index (χ1) is 8.22. The van der Waals surface area contributed by atoms with Gasteiger partial charge in [0.05, 0.1) is 25.4 Å². The molecule has 4 nitrogen and oxygen atoms in total. The molecular weight excluding hydrogens is 218 g/mol. The summed E-state index contributed by atoms with van der Waals surface area (Å²) in [5, 5.41) is 18.9. The van der Waals surface area contributed by atoms with E-state index in [1.54, 1.807) is 6.92 Å². The molecule has 17 heavy (non-hydrogen) atoms. The number of hydrogen-bond donors (Lipinski definition) is 2. The highest BCUT2D eigenvalue weighted by atomic mass is 16.5. The lowest BCUT2D eigenvalue weighted by Gasteiger charge is -2.35. The summed E-state index contributed by atoms with van der Waals surface area (Å²) in [6, 6.07) is 7.82. The Bertz CT molecular complexity index is 367. The summed E-state index contributed by atoms with van der Waals surface area (Å²) in [5.74, 6) is 0. The number of rotatable bonds is 3. The highest BCUT2D eigenvalue weighted by molar-refractivity contribution is 5.54. The molecule has 1 heterocycles. The molecule has 0 radical (unpaired) electrons. The second-order valence-corrected chi connectivity index (χ2v) is 4.36. The van der Waals surface area contributed by atoms with E-state index in [9.17, 15) is 5.11 Å². The molecule has 2 N–H and O–H groups in total. The van der Waals surface area contributed by atoms with E-state index in [1.807, 2.05) is 24.3 Å². The molecule has 94 valence electrons. The number of anilines is 1. The van der Waals surface area contributed by atoms with E-state index in [0.29, 0.717) is 13.2 Å². The summed E-state index contributed by atoms with van der Waals surface area (Å²) in [7, 11) is 0. The number of hydrogen-bond acceptors (Lipinski definition) is 4. The molecule has 1 aliphatic rings. The van der Waals surface area contributed by atoms with Crippen LogP contribution in [0, 0.1) is 0 Å². The lowest BCUT2D eigenvalue weighted by atomic mass is 10.1. The number of benzene rings is 1. The SMILES string of the molecule is C[C@H](O)c1ccccc1N1CCOC(CO)C1. The summed E-state index contributed by atoms with van der Waals surface area (Å²) >= 11 is 0. The fraction of sp³-hybridized carbons (Fsp3) is 0.538. The minimum atomic E-state index is -0.485. The highest BCUT2D eigenvalue weighted by Gasteiger charge is 2.22. The van der Waals surface area contributed by atoms with Gasteiger partial charge in [0.2, 0.25) is 0 Å². The number of morpholine rings is 1. The van der Waals surface area contributed by atoms with Crippen LogP contribution in [0.15, 0.2) is 24.3 Å². The maximum Gasteiger partial charge on any atom is 0.0980 e. The first-order valence-corrected chi connectivity index (χ1v) is 5.96. The van der Waals surface area contributed by atoms with Crippen LogP contribution in [-0.2, 0) is 4.74 Å². The Balaban J connectivity index is 2.21. The Morgan fingerprint density at radius 3 is 2.94 bits per heavy atom. The van der Waals surface area contributed by atoms with Crippen molar-refractivity contribution in [1.82, 2.24) is 0 Å². The molecule has 1 saturated heterocycles. The smallest absolute Gasteiger partial charge is 0.0980 e. The van der Waals surface area contributed by atoms with Crippen LogP contribution in [0.25, 0.3) is 0 Å². The lowest BCUT2D eigenvalue weighted by Crippen LogP contribution is -2.44. The van der Waals surface area contributed by atoms with Gasteiger partial charge in [-0.1, -0.05) is 18.2 Å². The van der Waals surface area contributed by atoms with Gasteiger partial charge >= 0.3 is 0 Å². The Labute approximate surface area is 101 Å². The molecule has 0 spiro atoms. The van der Waals surface area contributed by atoms with Gasteiger partial charge in [0.15, 0.2) is 0 Å². The highest BCUT2D eigenvalue weighted by Crippen LogP contribution is 2.27. The molecule has 0 aromatic heterocycles. The van der Waals surface area contributed by atoms with E-state index >= 15 is 0 Å². The summed E-state index contributed by atoms with van der Waals surface area (Å²) in [6.45, 7) is 3.87. The average molecular weight is 237 g/mol. The minimum Gasteiger partial charge on any atom is -0.394 e. The van der Waals surface area contributed by atoms with E-state index in [-0.39, 0.29) is 12.7 Å². The predicted octanol–water partition coefficient (Wildman–Crippen LogP) is 0.937. The van der Waals surface area contributed by atoms with Gasteiger partial charge in [-0.3, -0.25) is 0 Å². The van der Waals surface area contributed by atoms with E-state index in [4.69, 9.17) is 9.84 Å². The second kappa shape index (κ2) is 5.49. The van der Waals surface area contributed by atoms with Crippen molar-refractivity contribution >= 4 is 5.69 Å². The van der Waals surface area contributed by atoms with Crippen molar-refractivity contribution in [2.75, 3.05) is 31.2 Å². The van der Waals surface area contributed by atoms with Gasteiger partial charge in [-0.2, -0.15) is 0 Å². The van der Waals surface area contributed by atoms with Crippen molar-refractivity contribution in [3.63, 3.8) is 0 Å². The molecule has 0 aliphatic carbocycles. The van der Waals surface area contributed by atoms with Crippen LogP contribution in [-0.4, -0.2) is 42.6 Å². The number of nitrogens with zero attached hydrogens (tertiary/aromatic N) is 1. The van der Waals surface area contributed by atoms with Crippen molar-refractivity contribution in [2.45, 2.75) is 19.1 Å². The van der Waals surface area contributed by atoms with Gasteiger partial charge in [0.1, 0.15) is 0 Å². The van der Waals surface area contributed by atoms with Crippen LogP contribution in [0.5, 0.6) is 0 Å². The molecule has 1 aromatic rings. The maximum absolute atomic E-state index is 9.75. The standard InChI is InChI=1S/C13H19NO3/c1-10(16)12-4-2-3-5-13(12)14-6-7-17-11(8-14)9-15/h2-5,10-11,15-16H,6-9H2,1H3/t10-,11?/m0/s1. The zero-order valence-electron chi connectivity index (χ0n) is 10.0. The third kappa shape index (κ3) is 2.77. The molecule has 4 heteroatoms. The molecule has 1 aromatic carbocycles. The van der Waals surface area contributed by atoms with Gasteiger partial charge in [-0.15, -0.1) is 0 Å². The fourth-order valence-corrected chi connectivity index (χ4v) is 2.18. The third-order valence-electron chi connectivity index (χ3n) is 3.07. The van der Waals surface area contributed by atoms with Gasteiger partial charge in [0, 0.05) is 24.3 Å². The Hall–Kier alpha value is -1.10. The van der Waals surface area contributed by atoms with Crippen LogP contribution in [0.3, 0.4) is 0 Å². The zero-order valence-corrected chi connectivity index (χ0v) is 10.0. The molecule has 2 atom stereocenters. The molecule has 0 amide bonds. The van der Waals surface area contributed by atoms with Crippen molar-refractivity contribution in [2.24, 2.45) is 0 Å². The number of aliphatic hydroxyl groups excluding tert-OH is 2. The van der Waals surface area contributed by atoms with Gasteiger partial charge in [-0.05, 0) is 13.0 Å². The molecule has 0 saturated carbocycles. The van der Waals surface area contributed by atoms with Crippen molar-refractivity contribution in [3.05, 3.63) is 29.8 Å². The molecule has 1 unspecified atom stereocenters. The molecule has 0 bridgehead atoms.